The number of amides is 2. The molecule has 1 aliphatic heterocycles. The fourth-order valence-electron chi connectivity index (χ4n) is 6.82. The molecular formula is C28H30N2O5. The number of carboxylic acid groups (broad SMARTS) is 1. The number of alkyl carbamates (subject to hydrolysis) is 1. The van der Waals surface area contributed by atoms with E-state index < -0.39 is 12.1 Å². The maximum Gasteiger partial charge on any atom is 0.407 e. The molecule has 1 heterocycles. The zero-order valence-corrected chi connectivity index (χ0v) is 19.6. The van der Waals surface area contributed by atoms with Crippen molar-refractivity contribution in [2.24, 2.45) is 17.3 Å². The first-order valence-electron chi connectivity index (χ1n) is 12.6. The quantitative estimate of drug-likeness (QED) is 0.659. The summed E-state index contributed by atoms with van der Waals surface area (Å²) in [5.41, 5.74) is 4.38. The molecule has 2 amide bonds. The Balaban J connectivity index is 1.04. The Hall–Kier alpha value is -3.35. The third-order valence-corrected chi connectivity index (χ3v) is 8.54. The van der Waals surface area contributed by atoms with Gasteiger partial charge in [-0.05, 0) is 59.8 Å². The molecule has 0 radical (unpaired) electrons. The first-order valence-corrected chi connectivity index (χ1v) is 12.6. The van der Waals surface area contributed by atoms with Crippen LogP contribution in [0.3, 0.4) is 0 Å². The molecule has 3 fully saturated rings. The van der Waals surface area contributed by atoms with Crippen LogP contribution in [0.5, 0.6) is 0 Å². The Morgan fingerprint density at radius 2 is 1.71 bits per heavy atom. The standard InChI is InChI=1S/C28H30N2O5/c31-25(32)11-17-9-10-30(15-17)26(33)28-13-18(28)12-19(14-28)29-27(34)35-16-24-22-7-3-1-5-20(22)21-6-2-4-8-23(21)24/h1-8,17-19,24H,9-16H2,(H,29,34)(H,31,32)/t17?,18-,19+,28+/m0/s1. The van der Waals surface area contributed by atoms with Gasteiger partial charge in [0, 0.05) is 31.5 Å². The lowest BCUT2D eigenvalue weighted by molar-refractivity contribution is -0.139. The molecule has 2 aromatic rings. The average Bonchev–Trinajstić information content (AvgIpc) is 3.16. The number of hydrogen-bond acceptors (Lipinski definition) is 4. The van der Waals surface area contributed by atoms with Crippen LogP contribution in [0.4, 0.5) is 4.79 Å². The topological polar surface area (TPSA) is 95.9 Å². The molecule has 7 nitrogen and oxygen atoms in total. The van der Waals surface area contributed by atoms with Crippen LogP contribution in [0.15, 0.2) is 48.5 Å². The highest BCUT2D eigenvalue weighted by molar-refractivity contribution is 5.87. The summed E-state index contributed by atoms with van der Waals surface area (Å²) in [6.07, 6.45) is 2.74. The maximum absolute atomic E-state index is 13.2. The predicted octanol–water partition coefficient (Wildman–Crippen LogP) is 4.02. The summed E-state index contributed by atoms with van der Waals surface area (Å²) >= 11 is 0. The van der Waals surface area contributed by atoms with Crippen molar-refractivity contribution in [2.75, 3.05) is 19.7 Å². The van der Waals surface area contributed by atoms with Crippen molar-refractivity contribution in [1.29, 1.82) is 0 Å². The van der Waals surface area contributed by atoms with Crippen LogP contribution in [0, 0.1) is 17.3 Å². The van der Waals surface area contributed by atoms with Gasteiger partial charge in [0.15, 0.2) is 0 Å². The van der Waals surface area contributed by atoms with Gasteiger partial charge in [0.25, 0.3) is 0 Å². The van der Waals surface area contributed by atoms with Crippen molar-refractivity contribution in [3.8, 4) is 11.1 Å². The van der Waals surface area contributed by atoms with E-state index in [2.05, 4.69) is 29.6 Å². The van der Waals surface area contributed by atoms with E-state index in [4.69, 9.17) is 9.84 Å². The van der Waals surface area contributed by atoms with Gasteiger partial charge in [-0.25, -0.2) is 4.79 Å². The molecule has 0 aromatic heterocycles. The van der Waals surface area contributed by atoms with Gasteiger partial charge in [-0.3, -0.25) is 9.59 Å². The number of aliphatic carboxylic acids is 1. The van der Waals surface area contributed by atoms with Crippen LogP contribution in [0.25, 0.3) is 11.1 Å². The van der Waals surface area contributed by atoms with E-state index in [1.165, 1.54) is 22.3 Å². The van der Waals surface area contributed by atoms with Gasteiger partial charge in [-0.2, -0.15) is 0 Å². The molecule has 2 aromatic carbocycles. The van der Waals surface area contributed by atoms with Gasteiger partial charge in [-0.1, -0.05) is 48.5 Å². The number of carboxylic acids is 1. The molecule has 3 aliphatic carbocycles. The number of likely N-dealkylation sites (tertiary alicyclic amines) is 1. The van der Waals surface area contributed by atoms with Crippen molar-refractivity contribution in [2.45, 2.75) is 44.1 Å². The third kappa shape index (κ3) is 3.87. The Kier molecular flexibility index (Phi) is 5.31. The highest BCUT2D eigenvalue weighted by atomic mass is 16.5. The molecule has 182 valence electrons. The van der Waals surface area contributed by atoms with Crippen LogP contribution in [-0.2, 0) is 14.3 Å². The molecular weight excluding hydrogens is 444 g/mol. The highest BCUT2D eigenvalue weighted by Gasteiger charge is 2.66. The summed E-state index contributed by atoms with van der Waals surface area (Å²) in [4.78, 5) is 38.8. The molecule has 4 aliphatic rings. The summed E-state index contributed by atoms with van der Waals surface area (Å²) in [6, 6.07) is 16.4. The van der Waals surface area contributed by atoms with Gasteiger partial charge in [0.2, 0.25) is 5.91 Å². The number of rotatable bonds is 6. The average molecular weight is 475 g/mol. The molecule has 1 unspecified atom stereocenters. The second-order valence-corrected chi connectivity index (χ2v) is 10.7. The first kappa shape index (κ1) is 22.1. The SMILES string of the molecule is O=C(O)CC1CCN(C(=O)[C@]23C[C@H](NC(=O)OCC4c5ccccc5-c5ccccc54)C[C@H]2C3)C1. The van der Waals surface area contributed by atoms with E-state index in [0.29, 0.717) is 25.4 Å². The summed E-state index contributed by atoms with van der Waals surface area (Å²) in [5.74, 6) is -0.298. The Morgan fingerprint density at radius 3 is 2.40 bits per heavy atom. The lowest BCUT2D eigenvalue weighted by Gasteiger charge is -2.23. The Morgan fingerprint density at radius 1 is 1.03 bits per heavy atom. The summed E-state index contributed by atoms with van der Waals surface area (Å²) in [6.45, 7) is 1.44. The van der Waals surface area contributed by atoms with E-state index in [-0.39, 0.29) is 42.2 Å². The van der Waals surface area contributed by atoms with Crippen LogP contribution in [0.1, 0.15) is 49.1 Å². The number of fused-ring (bicyclic) bond motifs is 4. The monoisotopic (exact) mass is 474 g/mol. The van der Waals surface area contributed by atoms with Crippen LogP contribution >= 0.6 is 0 Å². The number of carbonyl (C=O) groups is 3. The number of hydrogen-bond donors (Lipinski definition) is 2. The lowest BCUT2D eigenvalue weighted by atomic mass is 9.98. The molecule has 4 atom stereocenters. The lowest BCUT2D eigenvalue weighted by Crippen LogP contribution is -2.39. The normalized spacial score (nSPS) is 28.2. The summed E-state index contributed by atoms with van der Waals surface area (Å²) in [5, 5.41) is 12.0. The van der Waals surface area contributed by atoms with Crippen molar-refractivity contribution < 1.29 is 24.2 Å². The van der Waals surface area contributed by atoms with E-state index in [9.17, 15) is 14.4 Å². The minimum Gasteiger partial charge on any atom is -0.481 e. The first-order chi connectivity index (χ1) is 16.9. The minimum atomic E-state index is -0.806. The van der Waals surface area contributed by atoms with E-state index >= 15 is 0 Å². The molecule has 0 spiro atoms. The smallest absolute Gasteiger partial charge is 0.407 e. The van der Waals surface area contributed by atoms with Crippen LogP contribution < -0.4 is 5.32 Å². The second-order valence-electron chi connectivity index (χ2n) is 10.7. The third-order valence-electron chi connectivity index (χ3n) is 8.54. The maximum atomic E-state index is 13.2. The number of nitrogens with zero attached hydrogens (tertiary/aromatic N) is 1. The molecule has 0 bridgehead atoms. The largest absolute Gasteiger partial charge is 0.481 e. The van der Waals surface area contributed by atoms with Gasteiger partial charge in [-0.15, -0.1) is 0 Å². The molecule has 7 heteroatoms. The van der Waals surface area contributed by atoms with Crippen molar-refractivity contribution in [3.63, 3.8) is 0 Å². The van der Waals surface area contributed by atoms with Gasteiger partial charge < -0.3 is 20.1 Å². The zero-order valence-electron chi connectivity index (χ0n) is 19.6. The summed E-state index contributed by atoms with van der Waals surface area (Å²) < 4.78 is 5.69. The van der Waals surface area contributed by atoms with Crippen LogP contribution in [0.2, 0.25) is 0 Å². The summed E-state index contributed by atoms with van der Waals surface area (Å²) in [7, 11) is 0. The van der Waals surface area contributed by atoms with Crippen molar-refractivity contribution in [1.82, 2.24) is 10.2 Å². The zero-order chi connectivity index (χ0) is 24.2. The van der Waals surface area contributed by atoms with Gasteiger partial charge in [0.05, 0.1) is 5.41 Å². The molecule has 35 heavy (non-hydrogen) atoms. The number of benzene rings is 2. The number of ether oxygens (including phenoxy) is 1. The van der Waals surface area contributed by atoms with E-state index in [1.807, 2.05) is 29.2 Å². The molecule has 2 saturated carbocycles. The van der Waals surface area contributed by atoms with Gasteiger partial charge >= 0.3 is 12.1 Å². The van der Waals surface area contributed by atoms with Crippen LogP contribution in [-0.4, -0.2) is 53.7 Å². The minimum absolute atomic E-state index is 0.0203. The highest BCUT2D eigenvalue weighted by Crippen LogP contribution is 2.64. The Bertz CT molecular complexity index is 1150. The number of carbonyl (C=O) groups excluding carboxylic acids is 2. The Labute approximate surface area is 204 Å². The molecule has 1 saturated heterocycles. The predicted molar refractivity (Wildman–Crippen MR) is 129 cm³/mol. The molecule has 2 N–H and O–H groups in total. The fourth-order valence-corrected chi connectivity index (χ4v) is 6.82. The van der Waals surface area contributed by atoms with Crippen molar-refractivity contribution >= 4 is 18.0 Å². The second kappa shape index (κ2) is 8.40. The van der Waals surface area contributed by atoms with E-state index in [0.717, 1.165) is 19.3 Å². The molecule has 6 rings (SSSR count). The van der Waals surface area contributed by atoms with Gasteiger partial charge in [0.1, 0.15) is 6.61 Å². The number of nitrogens with one attached hydrogen (secondary N) is 1. The van der Waals surface area contributed by atoms with Crippen molar-refractivity contribution in [3.05, 3.63) is 59.7 Å². The fraction of sp³-hybridized carbons (Fsp3) is 0.464. The van der Waals surface area contributed by atoms with E-state index in [1.54, 1.807) is 0 Å².